The smallest absolute Gasteiger partial charge is 0.313 e. The Morgan fingerprint density at radius 2 is 1.16 bits per heavy atom. The van der Waals surface area contributed by atoms with Crippen molar-refractivity contribution >= 4 is 5.91 Å². The topological polar surface area (TPSA) is 40.1 Å². The van der Waals surface area contributed by atoms with Gasteiger partial charge in [-0.25, -0.2) is 4.79 Å². The minimum atomic E-state index is -0.780. The fraction of sp³-hybridized carbons (Fsp3) is 0.938. The Bertz CT molecular complexity index is 221. The first-order valence-electron chi connectivity index (χ1n) is 8.07. The second-order valence-electron chi connectivity index (χ2n) is 6.03. The van der Waals surface area contributed by atoms with Gasteiger partial charge >= 0.3 is 5.91 Å². The monoisotopic (exact) mass is 271 g/mol. The van der Waals surface area contributed by atoms with Crippen molar-refractivity contribution in [1.29, 1.82) is 0 Å². The lowest BCUT2D eigenvalue weighted by Crippen LogP contribution is -2.39. The molecule has 0 saturated heterocycles. The van der Waals surface area contributed by atoms with E-state index in [-0.39, 0.29) is 5.91 Å². The van der Waals surface area contributed by atoms with Crippen LogP contribution < -0.4 is 0 Å². The van der Waals surface area contributed by atoms with Crippen LogP contribution in [0.5, 0.6) is 0 Å². The number of amides is 1. The first kappa shape index (κ1) is 18.6. The van der Waals surface area contributed by atoms with Crippen molar-refractivity contribution in [1.82, 2.24) is 0 Å². The van der Waals surface area contributed by atoms with Crippen LogP contribution in [-0.2, 0) is 4.79 Å². The molecule has 114 valence electrons. The molecule has 0 atom stereocenters. The van der Waals surface area contributed by atoms with Gasteiger partial charge in [0.2, 0.25) is 0 Å². The summed E-state index contributed by atoms with van der Waals surface area (Å²) in [6.07, 6.45) is 14.4. The van der Waals surface area contributed by atoms with Crippen molar-refractivity contribution < 1.29 is 9.44 Å². The van der Waals surface area contributed by atoms with E-state index in [0.717, 1.165) is 12.8 Å². The van der Waals surface area contributed by atoms with Crippen LogP contribution in [0.25, 0.3) is 0 Å². The largest absolute Gasteiger partial charge is 0.626 e. The second kappa shape index (κ2) is 11.4. The minimum Gasteiger partial charge on any atom is -0.626 e. The number of hydroxylamine groups is 3. The molecule has 0 aliphatic carbocycles. The van der Waals surface area contributed by atoms with Gasteiger partial charge in [-0.05, 0) is 6.42 Å². The fourth-order valence-electron chi connectivity index (χ4n) is 2.21. The number of carbonyl (C=O) groups excluding carboxylic acids is 1. The van der Waals surface area contributed by atoms with Crippen molar-refractivity contribution in [2.24, 2.45) is 0 Å². The van der Waals surface area contributed by atoms with Crippen molar-refractivity contribution in [3.8, 4) is 0 Å². The lowest BCUT2D eigenvalue weighted by molar-refractivity contribution is -0.760. The standard InChI is InChI=1S/C16H33NO2/c1-4-5-6-7-8-9-10-11-12-13-14-15-16(18)17(2,3)19/h4-15H2,1-3H3. The van der Waals surface area contributed by atoms with Crippen LogP contribution in [0, 0.1) is 5.21 Å². The highest BCUT2D eigenvalue weighted by Crippen LogP contribution is 2.12. The summed E-state index contributed by atoms with van der Waals surface area (Å²) in [6.45, 7) is 2.25. The lowest BCUT2D eigenvalue weighted by Gasteiger charge is -2.30. The summed E-state index contributed by atoms with van der Waals surface area (Å²) in [5.41, 5.74) is 0. The fourth-order valence-corrected chi connectivity index (χ4v) is 2.21. The Hall–Kier alpha value is -0.410. The van der Waals surface area contributed by atoms with Crippen LogP contribution in [0.1, 0.15) is 84.0 Å². The lowest BCUT2D eigenvalue weighted by atomic mass is 10.1. The summed E-state index contributed by atoms with van der Waals surface area (Å²) in [5.74, 6) is -0.198. The van der Waals surface area contributed by atoms with Crippen LogP contribution in [0.15, 0.2) is 0 Å². The predicted molar refractivity (Wildman–Crippen MR) is 81.6 cm³/mol. The second-order valence-corrected chi connectivity index (χ2v) is 6.03. The Morgan fingerprint density at radius 1 is 0.789 bits per heavy atom. The van der Waals surface area contributed by atoms with Crippen molar-refractivity contribution in [2.45, 2.75) is 84.0 Å². The van der Waals surface area contributed by atoms with Gasteiger partial charge in [0.05, 0.1) is 20.5 Å². The molecule has 0 aromatic carbocycles. The zero-order valence-corrected chi connectivity index (χ0v) is 13.2. The van der Waals surface area contributed by atoms with Gasteiger partial charge in [-0.1, -0.05) is 71.1 Å². The van der Waals surface area contributed by atoms with Crippen LogP contribution in [-0.4, -0.2) is 24.6 Å². The molecule has 0 aliphatic heterocycles. The molecule has 0 rings (SSSR count). The highest BCUT2D eigenvalue weighted by molar-refractivity contribution is 5.68. The molecule has 0 spiro atoms. The minimum absolute atomic E-state index is 0.198. The highest BCUT2D eigenvalue weighted by Gasteiger charge is 2.14. The number of hydrogen-bond acceptors (Lipinski definition) is 2. The Morgan fingerprint density at radius 3 is 1.53 bits per heavy atom. The molecule has 0 N–H and O–H groups in total. The van der Waals surface area contributed by atoms with Gasteiger partial charge in [0.25, 0.3) is 0 Å². The van der Waals surface area contributed by atoms with Crippen molar-refractivity contribution in [3.05, 3.63) is 5.21 Å². The van der Waals surface area contributed by atoms with E-state index in [1.807, 2.05) is 0 Å². The summed E-state index contributed by atoms with van der Waals surface area (Å²) < 4.78 is -0.780. The van der Waals surface area contributed by atoms with E-state index in [2.05, 4.69) is 6.92 Å². The van der Waals surface area contributed by atoms with Gasteiger partial charge in [-0.15, -0.1) is 0 Å². The molecule has 0 saturated carbocycles. The Labute approximate surface area is 119 Å². The molecular formula is C16H33NO2. The van der Waals surface area contributed by atoms with Crippen LogP contribution >= 0.6 is 0 Å². The van der Waals surface area contributed by atoms with Gasteiger partial charge in [0.15, 0.2) is 0 Å². The average Bonchev–Trinajstić information content (AvgIpc) is 2.34. The molecule has 0 aromatic rings. The van der Waals surface area contributed by atoms with Gasteiger partial charge in [-0.2, -0.15) is 0 Å². The van der Waals surface area contributed by atoms with E-state index in [1.165, 1.54) is 71.9 Å². The number of quaternary nitrogens is 1. The van der Waals surface area contributed by atoms with Crippen LogP contribution in [0.2, 0.25) is 0 Å². The first-order valence-corrected chi connectivity index (χ1v) is 8.07. The molecule has 0 heterocycles. The van der Waals surface area contributed by atoms with E-state index < -0.39 is 4.65 Å². The molecule has 0 aliphatic rings. The van der Waals surface area contributed by atoms with E-state index in [4.69, 9.17) is 0 Å². The quantitative estimate of drug-likeness (QED) is 0.291. The number of unbranched alkanes of at least 4 members (excludes halogenated alkanes) is 10. The third-order valence-corrected chi connectivity index (χ3v) is 3.59. The maximum Gasteiger partial charge on any atom is 0.313 e. The molecule has 3 heteroatoms. The van der Waals surface area contributed by atoms with Crippen LogP contribution in [0.4, 0.5) is 0 Å². The molecule has 0 fully saturated rings. The highest BCUT2D eigenvalue weighted by atomic mass is 16.6. The van der Waals surface area contributed by atoms with E-state index >= 15 is 0 Å². The summed E-state index contributed by atoms with van der Waals surface area (Å²) in [6, 6.07) is 0. The number of nitrogens with zero attached hydrogens (tertiary/aromatic N) is 1. The molecule has 0 radical (unpaired) electrons. The number of hydrogen-bond donors (Lipinski definition) is 0. The third kappa shape index (κ3) is 12.4. The number of carbonyl (C=O) groups is 1. The molecular weight excluding hydrogens is 238 g/mol. The first-order chi connectivity index (χ1) is 8.98. The Balaban J connectivity index is 3.17. The molecule has 0 bridgehead atoms. The van der Waals surface area contributed by atoms with Crippen molar-refractivity contribution in [3.63, 3.8) is 0 Å². The van der Waals surface area contributed by atoms with Gasteiger partial charge in [0.1, 0.15) is 0 Å². The summed E-state index contributed by atoms with van der Waals surface area (Å²) >= 11 is 0. The van der Waals surface area contributed by atoms with E-state index in [0.29, 0.717) is 6.42 Å². The van der Waals surface area contributed by atoms with Gasteiger partial charge in [-0.3, -0.25) is 0 Å². The van der Waals surface area contributed by atoms with E-state index in [1.54, 1.807) is 0 Å². The van der Waals surface area contributed by atoms with Gasteiger partial charge < -0.3 is 9.85 Å². The number of rotatable bonds is 12. The Kier molecular flexibility index (Phi) is 11.2. The normalized spacial score (nSPS) is 11.8. The molecule has 0 aromatic heterocycles. The summed E-state index contributed by atoms with van der Waals surface area (Å²) in [7, 11) is 2.81. The zero-order chi connectivity index (χ0) is 14.6. The SMILES string of the molecule is CCCCCCCCCCCCCC(=O)[N+](C)(C)[O-]. The summed E-state index contributed by atoms with van der Waals surface area (Å²) in [5, 5.41) is 11.3. The molecule has 19 heavy (non-hydrogen) atoms. The molecule has 3 nitrogen and oxygen atoms in total. The van der Waals surface area contributed by atoms with Gasteiger partial charge in [0, 0.05) is 0 Å². The van der Waals surface area contributed by atoms with Crippen molar-refractivity contribution in [2.75, 3.05) is 14.1 Å². The molecule has 1 amide bonds. The predicted octanol–water partition coefficient (Wildman–Crippen LogP) is 4.79. The zero-order valence-electron chi connectivity index (χ0n) is 13.2. The maximum absolute atomic E-state index is 11.4. The average molecular weight is 271 g/mol. The van der Waals surface area contributed by atoms with E-state index in [9.17, 15) is 10.0 Å². The molecule has 0 unspecified atom stereocenters. The summed E-state index contributed by atoms with van der Waals surface area (Å²) in [4.78, 5) is 11.4. The maximum atomic E-state index is 11.4. The third-order valence-electron chi connectivity index (χ3n) is 3.59. The van der Waals surface area contributed by atoms with Crippen LogP contribution in [0.3, 0.4) is 0 Å².